The average Bonchev–Trinajstić information content (AvgIpc) is 2.19. The summed E-state index contributed by atoms with van der Waals surface area (Å²) in [5, 5.41) is 8.83. The van der Waals surface area contributed by atoms with E-state index in [1.807, 2.05) is 0 Å². The summed E-state index contributed by atoms with van der Waals surface area (Å²) in [7, 11) is 0. The van der Waals surface area contributed by atoms with E-state index >= 15 is 0 Å². The molecule has 1 aliphatic carbocycles. The molecule has 3 nitrogen and oxygen atoms in total. The van der Waals surface area contributed by atoms with Crippen LogP contribution in [0, 0.1) is 5.82 Å². The van der Waals surface area contributed by atoms with Gasteiger partial charge >= 0.3 is 5.97 Å². The number of halogens is 2. The van der Waals surface area contributed by atoms with Crippen molar-refractivity contribution in [2.24, 2.45) is 0 Å². The molecule has 0 atom stereocenters. The van der Waals surface area contributed by atoms with Gasteiger partial charge in [0.1, 0.15) is 17.2 Å². The van der Waals surface area contributed by atoms with Gasteiger partial charge in [-0.1, -0.05) is 0 Å². The van der Waals surface area contributed by atoms with E-state index in [1.165, 1.54) is 6.07 Å². The fourth-order valence-electron chi connectivity index (χ4n) is 1.95. The molecule has 0 aromatic heterocycles. The van der Waals surface area contributed by atoms with E-state index in [0.29, 0.717) is 23.1 Å². The Morgan fingerprint density at radius 3 is 2.71 bits per heavy atom. The first-order chi connectivity index (χ1) is 8.01. The monoisotopic (exact) mass is 302 g/mol. The van der Waals surface area contributed by atoms with Crippen molar-refractivity contribution in [2.75, 3.05) is 0 Å². The lowest BCUT2D eigenvalue weighted by Gasteiger charge is -2.40. The molecule has 17 heavy (non-hydrogen) atoms. The van der Waals surface area contributed by atoms with Gasteiger partial charge in [0.25, 0.3) is 0 Å². The summed E-state index contributed by atoms with van der Waals surface area (Å²) < 4.78 is 19.3. The first-order valence-corrected chi connectivity index (χ1v) is 6.16. The Labute approximate surface area is 107 Å². The first kappa shape index (κ1) is 12.4. The maximum Gasteiger partial charge on any atom is 0.307 e. The topological polar surface area (TPSA) is 46.5 Å². The molecule has 0 saturated heterocycles. The van der Waals surface area contributed by atoms with Crippen LogP contribution in [0.3, 0.4) is 0 Å². The predicted molar refractivity (Wildman–Crippen MR) is 63.6 cm³/mol. The Morgan fingerprint density at radius 1 is 1.53 bits per heavy atom. The summed E-state index contributed by atoms with van der Waals surface area (Å²) in [6.45, 7) is 0. The van der Waals surface area contributed by atoms with Crippen LogP contribution in [-0.4, -0.2) is 16.7 Å². The van der Waals surface area contributed by atoms with E-state index < -0.39 is 17.4 Å². The Kier molecular flexibility index (Phi) is 3.38. The van der Waals surface area contributed by atoms with Crippen LogP contribution >= 0.6 is 15.9 Å². The number of carboxylic acids is 1. The molecule has 0 unspecified atom stereocenters. The molecule has 0 radical (unpaired) electrons. The normalized spacial score (nSPS) is 17.3. The van der Waals surface area contributed by atoms with Crippen molar-refractivity contribution in [2.45, 2.75) is 31.3 Å². The molecule has 0 spiro atoms. The Hall–Kier alpha value is -1.10. The number of rotatable bonds is 4. The third-order valence-corrected chi connectivity index (χ3v) is 3.61. The Bertz CT molecular complexity index is 443. The zero-order valence-electron chi connectivity index (χ0n) is 9.08. The number of benzene rings is 1. The van der Waals surface area contributed by atoms with Gasteiger partial charge in [0.2, 0.25) is 0 Å². The summed E-state index contributed by atoms with van der Waals surface area (Å²) in [6, 6.07) is 4.46. The molecular weight excluding hydrogens is 291 g/mol. The van der Waals surface area contributed by atoms with E-state index in [9.17, 15) is 9.18 Å². The first-order valence-electron chi connectivity index (χ1n) is 5.37. The van der Waals surface area contributed by atoms with Crippen LogP contribution in [0.5, 0.6) is 5.75 Å². The number of hydrogen-bond acceptors (Lipinski definition) is 2. The molecule has 1 aromatic carbocycles. The summed E-state index contributed by atoms with van der Waals surface area (Å²) in [5.41, 5.74) is -0.647. The van der Waals surface area contributed by atoms with Crippen molar-refractivity contribution >= 4 is 21.9 Å². The summed E-state index contributed by atoms with van der Waals surface area (Å²) in [6.07, 6.45) is 2.32. The van der Waals surface area contributed by atoms with Crippen LogP contribution in [0.25, 0.3) is 0 Å². The minimum atomic E-state index is -0.887. The SMILES string of the molecule is O=C(O)CC1(Oc2ccc(Br)c(F)c2)CCC1. The van der Waals surface area contributed by atoms with E-state index in [0.717, 1.165) is 6.42 Å². The second-order valence-corrected chi connectivity index (χ2v) is 5.14. The van der Waals surface area contributed by atoms with Gasteiger partial charge in [0.15, 0.2) is 0 Å². The number of carboxylic acid groups (broad SMARTS) is 1. The summed E-state index contributed by atoms with van der Waals surface area (Å²) in [4.78, 5) is 10.8. The van der Waals surface area contributed by atoms with Crippen LogP contribution in [0.1, 0.15) is 25.7 Å². The number of ether oxygens (including phenoxy) is 1. The lowest BCUT2D eigenvalue weighted by molar-refractivity contribution is -0.144. The molecule has 2 rings (SSSR count). The van der Waals surface area contributed by atoms with Crippen LogP contribution in [-0.2, 0) is 4.79 Å². The molecule has 1 aromatic rings. The molecular formula is C12H12BrFO3. The minimum absolute atomic E-state index is 0.0370. The fourth-order valence-corrected chi connectivity index (χ4v) is 2.20. The number of hydrogen-bond donors (Lipinski definition) is 1. The molecule has 0 bridgehead atoms. The van der Waals surface area contributed by atoms with Gasteiger partial charge < -0.3 is 9.84 Å². The lowest BCUT2D eigenvalue weighted by Crippen LogP contribution is -2.45. The van der Waals surface area contributed by atoms with Crippen molar-refractivity contribution in [1.29, 1.82) is 0 Å². The van der Waals surface area contributed by atoms with Crippen molar-refractivity contribution in [3.05, 3.63) is 28.5 Å². The van der Waals surface area contributed by atoms with Gasteiger partial charge in [-0.2, -0.15) is 0 Å². The highest BCUT2D eigenvalue weighted by molar-refractivity contribution is 9.10. The molecule has 0 aliphatic heterocycles. The highest BCUT2D eigenvalue weighted by Gasteiger charge is 2.41. The molecule has 1 fully saturated rings. The lowest BCUT2D eigenvalue weighted by atomic mass is 9.77. The van der Waals surface area contributed by atoms with Crippen LogP contribution in [0.15, 0.2) is 22.7 Å². The van der Waals surface area contributed by atoms with Gasteiger partial charge in [-0.3, -0.25) is 4.79 Å². The van der Waals surface area contributed by atoms with Crippen molar-refractivity contribution in [1.82, 2.24) is 0 Å². The number of carbonyl (C=O) groups is 1. The number of aliphatic carboxylic acids is 1. The highest BCUT2D eigenvalue weighted by Crippen LogP contribution is 2.39. The van der Waals surface area contributed by atoms with Gasteiger partial charge in [-0.05, 0) is 47.3 Å². The smallest absolute Gasteiger partial charge is 0.307 e. The fraction of sp³-hybridized carbons (Fsp3) is 0.417. The third-order valence-electron chi connectivity index (χ3n) is 2.96. The molecule has 92 valence electrons. The van der Waals surface area contributed by atoms with Gasteiger partial charge in [0, 0.05) is 6.07 Å². The molecule has 0 amide bonds. The average molecular weight is 303 g/mol. The third kappa shape index (κ3) is 2.77. The molecule has 0 heterocycles. The maximum atomic E-state index is 13.3. The molecule has 1 saturated carbocycles. The maximum absolute atomic E-state index is 13.3. The summed E-state index contributed by atoms with van der Waals surface area (Å²) >= 11 is 3.06. The second-order valence-electron chi connectivity index (χ2n) is 4.29. The summed E-state index contributed by atoms with van der Waals surface area (Å²) in [5.74, 6) is -0.916. The Balaban J connectivity index is 2.13. The van der Waals surface area contributed by atoms with Crippen LogP contribution in [0.4, 0.5) is 4.39 Å². The molecule has 1 aliphatic rings. The van der Waals surface area contributed by atoms with E-state index in [1.54, 1.807) is 12.1 Å². The van der Waals surface area contributed by atoms with Crippen LogP contribution in [0.2, 0.25) is 0 Å². The minimum Gasteiger partial charge on any atom is -0.487 e. The van der Waals surface area contributed by atoms with E-state index in [4.69, 9.17) is 9.84 Å². The largest absolute Gasteiger partial charge is 0.487 e. The van der Waals surface area contributed by atoms with E-state index in [2.05, 4.69) is 15.9 Å². The van der Waals surface area contributed by atoms with Gasteiger partial charge in [0.05, 0.1) is 10.9 Å². The van der Waals surface area contributed by atoms with Crippen LogP contribution < -0.4 is 4.74 Å². The van der Waals surface area contributed by atoms with E-state index in [-0.39, 0.29) is 6.42 Å². The van der Waals surface area contributed by atoms with Crippen molar-refractivity contribution < 1.29 is 19.0 Å². The van der Waals surface area contributed by atoms with Crippen molar-refractivity contribution in [3.8, 4) is 5.75 Å². The van der Waals surface area contributed by atoms with Gasteiger partial charge in [-0.15, -0.1) is 0 Å². The highest BCUT2D eigenvalue weighted by atomic mass is 79.9. The molecule has 1 N–H and O–H groups in total. The van der Waals surface area contributed by atoms with Gasteiger partial charge in [-0.25, -0.2) is 4.39 Å². The van der Waals surface area contributed by atoms with Crippen molar-refractivity contribution in [3.63, 3.8) is 0 Å². The quantitative estimate of drug-likeness (QED) is 0.927. The Morgan fingerprint density at radius 2 is 2.24 bits per heavy atom. The zero-order valence-corrected chi connectivity index (χ0v) is 10.7. The standard InChI is InChI=1S/C12H12BrFO3/c13-9-3-2-8(6-10(9)14)17-12(4-1-5-12)7-11(15)16/h2-3,6H,1,4-5,7H2,(H,15,16). The zero-order chi connectivity index (χ0) is 12.5. The second kappa shape index (κ2) is 4.64. The molecule has 5 heteroatoms. The predicted octanol–water partition coefficient (Wildman–Crippen LogP) is 3.36.